The van der Waals surface area contributed by atoms with Crippen LogP contribution in [0.2, 0.25) is 32.2 Å². The molecule has 16 heavy (non-hydrogen) atoms. The summed E-state index contributed by atoms with van der Waals surface area (Å²) in [4.78, 5) is 0. The first-order chi connectivity index (χ1) is 7.43. The molecule has 0 radical (unpaired) electrons. The van der Waals surface area contributed by atoms with Gasteiger partial charge in [0.1, 0.15) is 8.24 Å². The van der Waals surface area contributed by atoms with Crippen molar-refractivity contribution in [1.82, 2.24) is 4.23 Å². The Morgan fingerprint density at radius 3 is 2.19 bits per heavy atom. The topological polar surface area (TPSA) is 3.24 Å². The van der Waals surface area contributed by atoms with Crippen LogP contribution < -0.4 is 0 Å². The van der Waals surface area contributed by atoms with Gasteiger partial charge in [0.15, 0.2) is 0 Å². The molecule has 0 aliphatic rings. The van der Waals surface area contributed by atoms with E-state index in [1.165, 1.54) is 18.0 Å². The first kappa shape index (κ1) is 13.7. The molecule has 3 heteroatoms. The van der Waals surface area contributed by atoms with Gasteiger partial charge in [-0.3, -0.25) is 0 Å². The molecule has 1 rings (SSSR count). The average Bonchev–Trinajstić information content (AvgIpc) is 2.27. The Labute approximate surface area is 103 Å². The Morgan fingerprint density at radius 1 is 1.12 bits per heavy atom. The summed E-state index contributed by atoms with van der Waals surface area (Å²) in [7, 11) is 0.564. The second kappa shape index (κ2) is 5.80. The Kier molecular flexibility index (Phi) is 4.96. The third kappa shape index (κ3) is 3.88. The second-order valence-electron chi connectivity index (χ2n) is 5.50. The van der Waals surface area contributed by atoms with Gasteiger partial charge in [0.25, 0.3) is 0 Å². The van der Waals surface area contributed by atoms with E-state index >= 15 is 0 Å². The fourth-order valence-corrected chi connectivity index (χ4v) is 9.20. The van der Waals surface area contributed by atoms with Crippen LogP contribution in [-0.2, 0) is 6.42 Å². The average molecular weight is 252 g/mol. The van der Waals surface area contributed by atoms with Crippen LogP contribution in [0.4, 0.5) is 0 Å². The number of nitrogens with zero attached hydrogens (tertiary/aromatic N) is 1. The van der Waals surface area contributed by atoms with Crippen molar-refractivity contribution in [3.05, 3.63) is 35.9 Å². The van der Waals surface area contributed by atoms with Crippen LogP contribution in [0, 0.1) is 0 Å². The molecule has 0 bridgehead atoms. The van der Waals surface area contributed by atoms with Crippen LogP contribution in [0.5, 0.6) is 0 Å². The van der Waals surface area contributed by atoms with Crippen LogP contribution in [0.3, 0.4) is 0 Å². The number of rotatable bonds is 5. The van der Waals surface area contributed by atoms with Crippen molar-refractivity contribution in [2.75, 3.05) is 7.05 Å². The minimum atomic E-state index is -1.16. The van der Waals surface area contributed by atoms with E-state index in [0.717, 1.165) is 0 Å². The van der Waals surface area contributed by atoms with E-state index < -0.39 is 17.2 Å². The van der Waals surface area contributed by atoms with Crippen molar-refractivity contribution < 1.29 is 0 Å². The van der Waals surface area contributed by atoms with Gasteiger partial charge >= 0.3 is 0 Å². The summed E-state index contributed by atoms with van der Waals surface area (Å²) >= 11 is 0. The predicted octanol–water partition coefficient (Wildman–Crippen LogP) is 3.35. The summed E-state index contributed by atoms with van der Waals surface area (Å²) in [5.41, 5.74) is 1.49. The number of hydrogen-bond acceptors (Lipinski definition) is 1. The monoisotopic (exact) mass is 251 g/mol. The zero-order valence-electron chi connectivity index (χ0n) is 11.3. The van der Waals surface area contributed by atoms with Crippen molar-refractivity contribution in [3.8, 4) is 0 Å². The highest BCUT2D eigenvalue weighted by Crippen LogP contribution is 2.18. The molecule has 1 nitrogen and oxygen atoms in total. The van der Waals surface area contributed by atoms with Crippen LogP contribution in [0.25, 0.3) is 0 Å². The highest BCUT2D eigenvalue weighted by Gasteiger charge is 2.27. The lowest BCUT2D eigenvalue weighted by molar-refractivity contribution is 0.761. The fraction of sp³-hybridized carbons (Fsp3) is 0.538. The van der Waals surface area contributed by atoms with E-state index in [1.54, 1.807) is 0 Å². The minimum absolute atomic E-state index is 0.620. The lowest BCUT2D eigenvalue weighted by Gasteiger charge is -2.36. The molecule has 1 aromatic carbocycles. The van der Waals surface area contributed by atoms with E-state index in [1.807, 2.05) is 0 Å². The van der Waals surface area contributed by atoms with E-state index in [-0.39, 0.29) is 0 Å². The Morgan fingerprint density at radius 2 is 1.69 bits per heavy atom. The van der Waals surface area contributed by atoms with Gasteiger partial charge in [0, 0.05) is 0 Å². The molecule has 0 atom stereocenters. The SMILES string of the molecule is CN([SiH](C)C)[Si](C)(C)CCc1ccccc1. The summed E-state index contributed by atoms with van der Waals surface area (Å²) in [6, 6.07) is 12.3. The first-order valence-electron chi connectivity index (χ1n) is 6.20. The molecule has 0 saturated carbocycles. The van der Waals surface area contributed by atoms with Gasteiger partial charge in [-0.05, 0) is 25.1 Å². The van der Waals surface area contributed by atoms with E-state index in [2.05, 4.69) is 67.8 Å². The number of benzene rings is 1. The van der Waals surface area contributed by atoms with Gasteiger partial charge in [-0.2, -0.15) is 0 Å². The largest absolute Gasteiger partial charge is 0.351 e. The molecule has 0 N–H and O–H groups in total. The lowest BCUT2D eigenvalue weighted by Crippen LogP contribution is -2.51. The maximum absolute atomic E-state index is 2.73. The van der Waals surface area contributed by atoms with Gasteiger partial charge in [-0.1, -0.05) is 56.5 Å². The lowest BCUT2D eigenvalue weighted by atomic mass is 10.2. The Hall–Kier alpha value is -0.386. The van der Waals surface area contributed by atoms with Crippen LogP contribution >= 0.6 is 0 Å². The van der Waals surface area contributed by atoms with Gasteiger partial charge in [-0.15, -0.1) is 0 Å². The van der Waals surface area contributed by atoms with E-state index in [9.17, 15) is 0 Å². The van der Waals surface area contributed by atoms with Crippen molar-refractivity contribution >= 4 is 17.2 Å². The molecule has 0 aliphatic carbocycles. The van der Waals surface area contributed by atoms with E-state index in [4.69, 9.17) is 0 Å². The summed E-state index contributed by atoms with van der Waals surface area (Å²) in [6.07, 6.45) is 1.24. The van der Waals surface area contributed by atoms with Gasteiger partial charge < -0.3 is 4.23 Å². The van der Waals surface area contributed by atoms with Crippen molar-refractivity contribution in [2.24, 2.45) is 0 Å². The maximum Gasteiger partial charge on any atom is 0.115 e. The molecular weight excluding hydrogens is 226 g/mol. The molecule has 0 saturated heterocycles. The third-order valence-electron chi connectivity index (χ3n) is 3.60. The van der Waals surface area contributed by atoms with Crippen molar-refractivity contribution in [2.45, 2.75) is 38.7 Å². The summed E-state index contributed by atoms with van der Waals surface area (Å²) in [5.74, 6) is 0. The van der Waals surface area contributed by atoms with Gasteiger partial charge in [0.2, 0.25) is 0 Å². The zero-order chi connectivity index (χ0) is 12.2. The first-order valence-corrected chi connectivity index (χ1v) is 12.2. The Balaban J connectivity index is 2.54. The molecular formula is C13H25NSi2. The number of hydrogen-bond donors (Lipinski definition) is 0. The van der Waals surface area contributed by atoms with Crippen LogP contribution in [0.1, 0.15) is 5.56 Å². The summed E-state index contributed by atoms with van der Waals surface area (Å²) in [6.45, 7) is 9.86. The normalized spacial score (nSPS) is 12.4. The molecule has 0 unspecified atom stereocenters. The summed E-state index contributed by atoms with van der Waals surface area (Å²) in [5, 5.41) is 0. The molecule has 1 aromatic rings. The zero-order valence-corrected chi connectivity index (χ0v) is 13.5. The highest BCUT2D eigenvalue weighted by atomic mass is 28.4. The van der Waals surface area contributed by atoms with Crippen molar-refractivity contribution in [1.29, 1.82) is 0 Å². The summed E-state index contributed by atoms with van der Waals surface area (Å²) < 4.78 is 2.73. The molecule has 0 heterocycles. The molecule has 0 amide bonds. The van der Waals surface area contributed by atoms with Crippen molar-refractivity contribution in [3.63, 3.8) is 0 Å². The van der Waals surface area contributed by atoms with Gasteiger partial charge in [0.05, 0.1) is 8.96 Å². The second-order valence-corrected chi connectivity index (χ2v) is 13.8. The molecule has 0 aromatic heterocycles. The van der Waals surface area contributed by atoms with Crippen LogP contribution in [-0.4, -0.2) is 28.5 Å². The minimum Gasteiger partial charge on any atom is -0.351 e. The van der Waals surface area contributed by atoms with Gasteiger partial charge in [-0.25, -0.2) is 0 Å². The smallest absolute Gasteiger partial charge is 0.115 e. The highest BCUT2D eigenvalue weighted by molar-refractivity contribution is 6.83. The third-order valence-corrected chi connectivity index (χ3v) is 12.2. The molecule has 0 aliphatic heterocycles. The maximum atomic E-state index is 2.73. The van der Waals surface area contributed by atoms with E-state index in [0.29, 0.717) is 0 Å². The quantitative estimate of drug-likeness (QED) is 0.726. The predicted molar refractivity (Wildman–Crippen MR) is 79.1 cm³/mol. The molecule has 90 valence electrons. The fourth-order valence-electron chi connectivity index (χ4n) is 1.97. The Bertz CT molecular complexity index is 309. The molecule has 0 fully saturated rings. The van der Waals surface area contributed by atoms with Crippen LogP contribution in [0.15, 0.2) is 30.3 Å². The molecule has 0 spiro atoms. The standard InChI is InChI=1S/C13H25NSi2/c1-14(15(2)3)16(4,5)12-11-13-9-7-6-8-10-13/h6-10,15H,11-12H2,1-5H3. The number of aryl methyl sites for hydroxylation is 1.